The molecule has 3 saturated heterocycles. The summed E-state index contributed by atoms with van der Waals surface area (Å²) in [4.78, 5) is 60.0. The summed E-state index contributed by atoms with van der Waals surface area (Å²) in [6.07, 6.45) is -3.18. The van der Waals surface area contributed by atoms with Gasteiger partial charge in [-0.1, -0.05) is 0 Å². The average Bonchev–Trinajstić information content (AvgIpc) is 3.33. The second kappa shape index (κ2) is 16.9. The first-order chi connectivity index (χ1) is 27.3. The highest BCUT2D eigenvalue weighted by atomic mass is 32.1. The van der Waals surface area contributed by atoms with Crippen LogP contribution in [0.4, 0.5) is 37.7 Å². The number of amides is 4. The van der Waals surface area contributed by atoms with E-state index in [0.717, 1.165) is 41.2 Å². The van der Waals surface area contributed by atoms with E-state index in [-0.39, 0.29) is 47.9 Å². The predicted octanol–water partition coefficient (Wildman–Crippen LogP) is 5.73. The van der Waals surface area contributed by atoms with Gasteiger partial charge in [0, 0.05) is 32.1 Å². The Morgan fingerprint density at radius 2 is 1.76 bits per heavy atom. The van der Waals surface area contributed by atoms with E-state index < -0.39 is 65.2 Å². The van der Waals surface area contributed by atoms with E-state index in [9.17, 15) is 50.8 Å². The number of thiocarbonyl (C=S) groups is 1. The first kappa shape index (κ1) is 42.9. The molecular formula is C39H44F6N8O4S. The smallest absolute Gasteiger partial charge is 0.331 e. The lowest BCUT2D eigenvalue weighted by atomic mass is 9.82. The molecule has 12 nitrogen and oxygen atoms in total. The van der Waals surface area contributed by atoms with Crippen molar-refractivity contribution < 1.29 is 45.5 Å². The van der Waals surface area contributed by atoms with Gasteiger partial charge in [-0.15, -0.1) is 0 Å². The summed E-state index contributed by atoms with van der Waals surface area (Å²) in [5.41, 5.74) is -2.20. The van der Waals surface area contributed by atoms with Crippen molar-refractivity contribution in [2.45, 2.75) is 101 Å². The van der Waals surface area contributed by atoms with E-state index >= 15 is 0 Å². The Kier molecular flexibility index (Phi) is 12.5. The Morgan fingerprint density at radius 1 is 1.03 bits per heavy atom. The zero-order valence-electron chi connectivity index (χ0n) is 32.0. The molecule has 2 atom stereocenters. The number of carbonyl (C=O) groups is 4. The number of nitriles is 1. The number of hydrogen-bond acceptors (Lipinski definition) is 9. The number of nitrogens with one attached hydrogen (secondary N) is 2. The molecule has 4 amide bonds. The molecule has 1 aromatic carbocycles. The van der Waals surface area contributed by atoms with Gasteiger partial charge in [0.05, 0.1) is 52.9 Å². The van der Waals surface area contributed by atoms with Gasteiger partial charge >= 0.3 is 12.4 Å². The fourth-order valence-corrected chi connectivity index (χ4v) is 9.14. The zero-order chi connectivity index (χ0) is 42.2. The highest BCUT2D eigenvalue weighted by Gasteiger charge is 2.53. The normalized spacial score (nSPS) is 24.8. The zero-order valence-corrected chi connectivity index (χ0v) is 32.8. The summed E-state index contributed by atoms with van der Waals surface area (Å²) in [6.45, 7) is 3.47. The van der Waals surface area contributed by atoms with Crippen molar-refractivity contribution in [2.24, 2.45) is 5.92 Å². The Balaban J connectivity index is 0.970. The van der Waals surface area contributed by atoms with E-state index in [1.54, 1.807) is 35.8 Å². The lowest BCUT2D eigenvalue weighted by Crippen LogP contribution is -2.60. The Morgan fingerprint density at radius 3 is 2.38 bits per heavy atom. The third-order valence-electron chi connectivity index (χ3n) is 11.6. The molecule has 2 N–H and O–H groups in total. The minimum atomic E-state index is -4.80. The molecule has 6 rings (SSSR count). The van der Waals surface area contributed by atoms with Crippen molar-refractivity contribution in [2.75, 3.05) is 42.9 Å². The molecule has 312 valence electrons. The average molecular weight is 835 g/mol. The summed E-state index contributed by atoms with van der Waals surface area (Å²) in [6, 6.07) is 5.72. The van der Waals surface area contributed by atoms with Crippen LogP contribution >= 0.6 is 12.2 Å². The molecule has 0 spiro atoms. The molecule has 4 aliphatic rings. The molecule has 4 heterocycles. The van der Waals surface area contributed by atoms with Crippen molar-refractivity contribution in [3.05, 3.63) is 53.3 Å². The molecule has 4 fully saturated rings. The standard InChI is InChI=1S/C39H44F6N8O4S/c1-37(2)35(57)52(27-11-7-24(19-46)29(18-27)38(40,41)42)36(58)53(37)26-9-5-23(6-10-26)4-3-15-50-16-17-51(31(21-50)39(43,44)45)22-33(55)48-25-8-13-30(47-20-25)28-12-14-32(54)49-34(28)56/h7-8,11,13,18,20,23,26,28,31H,3-6,9-10,12,14-17,21-22H2,1-2H3,(H,48,55)(H,49,54,56). The van der Waals surface area contributed by atoms with Gasteiger partial charge in [0.1, 0.15) is 11.6 Å². The second-order valence-electron chi connectivity index (χ2n) is 15.9. The minimum absolute atomic E-state index is 0.0384. The number of carbonyl (C=O) groups excluding carboxylic acids is 4. The van der Waals surface area contributed by atoms with Crippen LogP contribution in [0.15, 0.2) is 36.5 Å². The number of rotatable bonds is 10. The molecule has 19 heteroatoms. The van der Waals surface area contributed by atoms with E-state index in [1.807, 2.05) is 0 Å². The van der Waals surface area contributed by atoms with Crippen LogP contribution in [-0.2, 0) is 25.4 Å². The number of anilines is 2. The van der Waals surface area contributed by atoms with Crippen molar-refractivity contribution in [1.82, 2.24) is 25.0 Å². The fraction of sp³-hybridized carbons (Fsp3) is 0.564. The van der Waals surface area contributed by atoms with Gasteiger partial charge in [-0.25, -0.2) is 0 Å². The molecule has 1 aliphatic carbocycles. The summed E-state index contributed by atoms with van der Waals surface area (Å²) in [5, 5.41) is 14.1. The van der Waals surface area contributed by atoms with E-state index in [1.165, 1.54) is 18.3 Å². The molecule has 2 aromatic rings. The number of aromatic nitrogens is 1. The third-order valence-corrected chi connectivity index (χ3v) is 12.0. The maximum absolute atomic E-state index is 14.3. The lowest BCUT2D eigenvalue weighted by Gasteiger charge is -2.42. The minimum Gasteiger partial charge on any atom is -0.331 e. The van der Waals surface area contributed by atoms with Crippen molar-refractivity contribution >= 4 is 52.3 Å². The maximum Gasteiger partial charge on any atom is 0.417 e. The van der Waals surface area contributed by atoms with Gasteiger partial charge in [0.2, 0.25) is 17.7 Å². The molecule has 1 aromatic heterocycles. The lowest BCUT2D eigenvalue weighted by molar-refractivity contribution is -0.197. The highest BCUT2D eigenvalue weighted by Crippen LogP contribution is 2.42. The molecule has 3 aliphatic heterocycles. The topological polar surface area (TPSA) is 142 Å². The molecule has 0 radical (unpaired) electrons. The summed E-state index contributed by atoms with van der Waals surface area (Å²) in [7, 11) is 0. The molecular weight excluding hydrogens is 791 g/mol. The van der Waals surface area contributed by atoms with Crippen molar-refractivity contribution in [3.8, 4) is 6.07 Å². The SMILES string of the molecule is CC1(C)C(=O)N(c2ccc(C#N)c(C(F)(F)F)c2)C(=S)N1C1CCC(CCCN2CCN(CC(=O)Nc3ccc(C4CCC(=O)NC4=O)nc3)C(C(F)(F)F)C2)CC1. The number of nitrogens with zero attached hydrogens (tertiary/aromatic N) is 6. The third kappa shape index (κ3) is 9.29. The number of imide groups is 1. The summed E-state index contributed by atoms with van der Waals surface area (Å²) in [5.74, 6) is -2.22. The van der Waals surface area contributed by atoms with Gasteiger partial charge in [-0.3, -0.25) is 39.3 Å². The van der Waals surface area contributed by atoms with Crippen LogP contribution in [0, 0.1) is 17.2 Å². The van der Waals surface area contributed by atoms with Gasteiger partial charge in [0.25, 0.3) is 5.91 Å². The maximum atomic E-state index is 14.3. The van der Waals surface area contributed by atoms with Gasteiger partial charge in [-0.05, 0) is 114 Å². The molecule has 1 saturated carbocycles. The van der Waals surface area contributed by atoms with Crippen LogP contribution in [-0.4, -0.2) is 105 Å². The van der Waals surface area contributed by atoms with Crippen LogP contribution < -0.4 is 15.5 Å². The quantitative estimate of drug-likeness (QED) is 0.173. The Labute approximate surface area is 336 Å². The van der Waals surface area contributed by atoms with E-state index in [2.05, 4.69) is 15.6 Å². The first-order valence-corrected chi connectivity index (χ1v) is 19.6. The number of piperidine rings is 1. The van der Waals surface area contributed by atoms with Gasteiger partial charge < -0.3 is 15.1 Å². The molecule has 58 heavy (non-hydrogen) atoms. The predicted molar refractivity (Wildman–Crippen MR) is 203 cm³/mol. The van der Waals surface area contributed by atoms with Gasteiger partial charge in [-0.2, -0.15) is 31.6 Å². The molecule has 2 unspecified atom stereocenters. The van der Waals surface area contributed by atoms with Gasteiger partial charge in [0.15, 0.2) is 5.11 Å². The molecule has 0 bridgehead atoms. The number of pyridine rings is 1. The highest BCUT2D eigenvalue weighted by molar-refractivity contribution is 7.80. The van der Waals surface area contributed by atoms with E-state index in [0.29, 0.717) is 50.4 Å². The number of alkyl halides is 6. The Hall–Kier alpha value is -4.67. The number of benzene rings is 1. The van der Waals surface area contributed by atoms with Crippen LogP contribution in [0.1, 0.15) is 88.0 Å². The summed E-state index contributed by atoms with van der Waals surface area (Å²) >= 11 is 5.70. The van der Waals surface area contributed by atoms with Crippen LogP contribution in [0.3, 0.4) is 0 Å². The second-order valence-corrected chi connectivity index (χ2v) is 16.2. The number of piperazine rings is 1. The van der Waals surface area contributed by atoms with Crippen molar-refractivity contribution in [1.29, 1.82) is 5.26 Å². The number of halogens is 6. The number of hydrogen-bond donors (Lipinski definition) is 2. The summed E-state index contributed by atoms with van der Waals surface area (Å²) < 4.78 is 83.9. The van der Waals surface area contributed by atoms with Crippen molar-refractivity contribution in [3.63, 3.8) is 0 Å². The largest absolute Gasteiger partial charge is 0.417 e. The van der Waals surface area contributed by atoms with Crippen LogP contribution in [0.25, 0.3) is 0 Å². The Bertz CT molecular complexity index is 1960. The fourth-order valence-electron chi connectivity index (χ4n) is 8.58. The monoisotopic (exact) mass is 834 g/mol. The van der Waals surface area contributed by atoms with Crippen LogP contribution in [0.5, 0.6) is 0 Å². The van der Waals surface area contributed by atoms with E-state index in [4.69, 9.17) is 12.2 Å². The van der Waals surface area contributed by atoms with Crippen LogP contribution in [0.2, 0.25) is 0 Å². The first-order valence-electron chi connectivity index (χ1n) is 19.2.